The Morgan fingerprint density at radius 3 is 2.35 bits per heavy atom. The molecule has 1 unspecified atom stereocenters. The lowest BCUT2D eigenvalue weighted by atomic mass is 10.3. The van der Waals surface area contributed by atoms with Crippen LogP contribution in [0.3, 0.4) is 0 Å². The lowest BCUT2D eigenvalue weighted by Crippen LogP contribution is -2.21. The molecule has 0 aliphatic heterocycles. The summed E-state index contributed by atoms with van der Waals surface area (Å²) < 4.78 is 42.9. The number of aromatic nitrogens is 1. The van der Waals surface area contributed by atoms with Crippen LogP contribution in [0.15, 0.2) is 66.7 Å². The molecule has 0 saturated carbocycles. The van der Waals surface area contributed by atoms with Crippen LogP contribution in [0.4, 0.5) is 8.78 Å². The Balaban J connectivity index is 1.51. The summed E-state index contributed by atoms with van der Waals surface area (Å²) in [4.78, 5) is 3.62. The molecule has 0 saturated heterocycles. The molecule has 4 nitrogen and oxygen atoms in total. The van der Waals surface area contributed by atoms with Crippen LogP contribution in [-0.4, -0.2) is 17.7 Å². The monoisotopic (exact) mass is 357 g/mol. The van der Waals surface area contributed by atoms with E-state index in [1.807, 2.05) is 6.92 Å². The maximum absolute atomic E-state index is 13.2. The van der Waals surface area contributed by atoms with Gasteiger partial charge in [-0.15, -0.1) is 0 Å². The van der Waals surface area contributed by atoms with Crippen molar-refractivity contribution in [1.82, 2.24) is 4.98 Å². The van der Waals surface area contributed by atoms with E-state index >= 15 is 0 Å². The van der Waals surface area contributed by atoms with Crippen molar-refractivity contribution in [2.24, 2.45) is 0 Å². The lowest BCUT2D eigenvalue weighted by molar-refractivity contribution is 0.139. The fraction of sp³-hybridized carbons (Fsp3) is 0.150. The second-order valence-corrected chi connectivity index (χ2v) is 5.57. The van der Waals surface area contributed by atoms with Gasteiger partial charge in [-0.25, -0.2) is 4.39 Å². The second-order valence-electron chi connectivity index (χ2n) is 5.57. The third-order valence-electron chi connectivity index (χ3n) is 3.35. The van der Waals surface area contributed by atoms with Gasteiger partial charge in [0.15, 0.2) is 0 Å². The van der Waals surface area contributed by atoms with Crippen molar-refractivity contribution in [1.29, 1.82) is 0 Å². The summed E-state index contributed by atoms with van der Waals surface area (Å²) in [5, 5.41) is 0. The molecule has 0 amide bonds. The van der Waals surface area contributed by atoms with Crippen molar-refractivity contribution in [2.45, 2.75) is 13.0 Å². The summed E-state index contributed by atoms with van der Waals surface area (Å²) in [6.07, 6.45) is -0.268. The lowest BCUT2D eigenvalue weighted by Gasteiger charge is -2.15. The zero-order valence-electron chi connectivity index (χ0n) is 14.1. The molecule has 1 heterocycles. The molecule has 0 radical (unpaired) electrons. The average Bonchev–Trinajstić information content (AvgIpc) is 2.62. The third-order valence-corrected chi connectivity index (χ3v) is 3.35. The molecule has 1 aromatic heterocycles. The summed E-state index contributed by atoms with van der Waals surface area (Å²) >= 11 is 0. The number of nitrogens with zero attached hydrogens (tertiary/aromatic N) is 1. The number of benzene rings is 2. The van der Waals surface area contributed by atoms with E-state index in [0.29, 0.717) is 17.2 Å². The van der Waals surface area contributed by atoms with Crippen LogP contribution in [0.25, 0.3) is 0 Å². The number of halogens is 2. The van der Waals surface area contributed by atoms with E-state index in [1.165, 1.54) is 24.3 Å². The van der Waals surface area contributed by atoms with E-state index in [4.69, 9.17) is 14.2 Å². The standard InChI is InChI=1S/C20H17F2NO3/c1-14(13-24-20-7-3-6-19(22)23-20)25-16-8-10-17(11-9-16)26-18-5-2-4-15(21)12-18/h2-12,14H,13H2,1H3. The van der Waals surface area contributed by atoms with Gasteiger partial charge in [-0.2, -0.15) is 9.37 Å². The van der Waals surface area contributed by atoms with E-state index in [-0.39, 0.29) is 24.4 Å². The predicted octanol–water partition coefficient (Wildman–Crippen LogP) is 5.00. The summed E-state index contributed by atoms with van der Waals surface area (Å²) in [7, 11) is 0. The molecule has 2 aromatic carbocycles. The smallest absolute Gasteiger partial charge is 0.216 e. The second kappa shape index (κ2) is 8.29. The van der Waals surface area contributed by atoms with Crippen LogP contribution in [0.5, 0.6) is 23.1 Å². The largest absolute Gasteiger partial charge is 0.487 e. The minimum atomic E-state index is -0.593. The number of pyridine rings is 1. The predicted molar refractivity (Wildman–Crippen MR) is 92.7 cm³/mol. The Morgan fingerprint density at radius 2 is 1.62 bits per heavy atom. The van der Waals surface area contributed by atoms with Crippen molar-refractivity contribution < 1.29 is 23.0 Å². The molecule has 0 aliphatic rings. The Morgan fingerprint density at radius 1 is 0.885 bits per heavy atom. The van der Waals surface area contributed by atoms with Gasteiger partial charge < -0.3 is 14.2 Å². The highest BCUT2D eigenvalue weighted by Crippen LogP contribution is 2.24. The van der Waals surface area contributed by atoms with Gasteiger partial charge in [0.2, 0.25) is 11.8 Å². The maximum Gasteiger partial charge on any atom is 0.216 e. The van der Waals surface area contributed by atoms with Gasteiger partial charge in [0.25, 0.3) is 0 Å². The van der Waals surface area contributed by atoms with Crippen molar-refractivity contribution >= 4 is 0 Å². The Labute approximate surface area is 150 Å². The summed E-state index contributed by atoms with van der Waals surface area (Å²) in [6, 6.07) is 17.2. The van der Waals surface area contributed by atoms with Gasteiger partial charge in [-0.3, -0.25) is 0 Å². The van der Waals surface area contributed by atoms with E-state index in [0.717, 1.165) is 0 Å². The number of hydrogen-bond donors (Lipinski definition) is 0. The first-order valence-electron chi connectivity index (χ1n) is 8.04. The highest BCUT2D eigenvalue weighted by Gasteiger charge is 2.07. The van der Waals surface area contributed by atoms with Crippen LogP contribution in [0.2, 0.25) is 0 Å². The molecule has 0 spiro atoms. The first-order chi connectivity index (χ1) is 12.6. The molecule has 1 atom stereocenters. The molecule has 134 valence electrons. The molecule has 0 aliphatic carbocycles. The third kappa shape index (κ3) is 5.17. The van der Waals surface area contributed by atoms with E-state index in [9.17, 15) is 8.78 Å². The van der Waals surface area contributed by atoms with Crippen LogP contribution < -0.4 is 14.2 Å². The Hall–Kier alpha value is -3.15. The number of ether oxygens (including phenoxy) is 3. The zero-order valence-corrected chi connectivity index (χ0v) is 14.1. The minimum absolute atomic E-state index is 0.208. The molecule has 0 bridgehead atoms. The molecular weight excluding hydrogens is 340 g/mol. The molecule has 26 heavy (non-hydrogen) atoms. The van der Waals surface area contributed by atoms with E-state index < -0.39 is 5.95 Å². The van der Waals surface area contributed by atoms with Gasteiger partial charge in [0, 0.05) is 12.1 Å². The Bertz CT molecular complexity index is 856. The topological polar surface area (TPSA) is 40.6 Å². The highest BCUT2D eigenvalue weighted by atomic mass is 19.1. The van der Waals surface area contributed by atoms with Crippen molar-refractivity contribution in [3.05, 3.63) is 78.5 Å². The van der Waals surface area contributed by atoms with Crippen molar-refractivity contribution in [3.63, 3.8) is 0 Å². The molecular formula is C20H17F2NO3. The van der Waals surface area contributed by atoms with Gasteiger partial charge >= 0.3 is 0 Å². The first kappa shape index (κ1) is 17.7. The number of rotatable bonds is 7. The Kier molecular flexibility index (Phi) is 5.63. The molecule has 0 N–H and O–H groups in total. The van der Waals surface area contributed by atoms with Crippen LogP contribution >= 0.6 is 0 Å². The maximum atomic E-state index is 13.2. The summed E-state index contributed by atoms with van der Waals surface area (Å²) in [6.45, 7) is 2.05. The highest BCUT2D eigenvalue weighted by molar-refractivity contribution is 5.35. The molecule has 3 rings (SSSR count). The summed E-state index contributed by atoms with van der Waals surface area (Å²) in [5.41, 5.74) is 0. The van der Waals surface area contributed by atoms with E-state index in [2.05, 4.69) is 4.98 Å². The quantitative estimate of drug-likeness (QED) is 0.558. The first-order valence-corrected chi connectivity index (χ1v) is 8.04. The SMILES string of the molecule is CC(COc1cccc(F)n1)Oc1ccc(Oc2cccc(F)c2)cc1. The molecule has 3 aromatic rings. The van der Waals surface area contributed by atoms with Crippen LogP contribution in [0.1, 0.15) is 6.92 Å². The van der Waals surface area contributed by atoms with Gasteiger partial charge in [0.05, 0.1) is 0 Å². The summed E-state index contributed by atoms with van der Waals surface area (Å²) in [5.74, 6) is 0.868. The van der Waals surface area contributed by atoms with Gasteiger partial charge in [0.1, 0.15) is 35.8 Å². The van der Waals surface area contributed by atoms with Crippen LogP contribution in [-0.2, 0) is 0 Å². The number of hydrogen-bond acceptors (Lipinski definition) is 4. The van der Waals surface area contributed by atoms with Gasteiger partial charge in [-0.05, 0) is 49.4 Å². The van der Waals surface area contributed by atoms with Gasteiger partial charge in [-0.1, -0.05) is 12.1 Å². The molecule has 0 fully saturated rings. The fourth-order valence-electron chi connectivity index (χ4n) is 2.19. The fourth-order valence-corrected chi connectivity index (χ4v) is 2.19. The minimum Gasteiger partial charge on any atom is -0.487 e. The molecule has 6 heteroatoms. The van der Waals surface area contributed by atoms with Crippen molar-refractivity contribution in [3.8, 4) is 23.1 Å². The normalized spacial score (nSPS) is 11.7. The average molecular weight is 357 g/mol. The van der Waals surface area contributed by atoms with Crippen LogP contribution in [0, 0.1) is 11.8 Å². The van der Waals surface area contributed by atoms with Crippen molar-refractivity contribution in [2.75, 3.05) is 6.61 Å². The zero-order chi connectivity index (χ0) is 18.4. The van der Waals surface area contributed by atoms with E-state index in [1.54, 1.807) is 42.5 Å².